The molecule has 1 atom stereocenters. The van der Waals surface area contributed by atoms with Gasteiger partial charge in [-0.15, -0.1) is 35.3 Å². The molecule has 0 aliphatic heterocycles. The van der Waals surface area contributed by atoms with Crippen LogP contribution < -0.4 is 10.6 Å². The predicted molar refractivity (Wildman–Crippen MR) is 119 cm³/mol. The highest BCUT2D eigenvalue weighted by Gasteiger charge is 2.20. The van der Waals surface area contributed by atoms with Crippen LogP contribution in [0.15, 0.2) is 4.99 Å². The van der Waals surface area contributed by atoms with Crippen LogP contribution in [0.5, 0.6) is 0 Å². The quantitative estimate of drug-likeness (QED) is 0.241. The van der Waals surface area contributed by atoms with Crippen LogP contribution in [-0.4, -0.2) is 61.5 Å². The number of amides is 1. The van der Waals surface area contributed by atoms with E-state index in [1.165, 1.54) is 11.3 Å². The number of nitrogens with one attached hydrogen (secondary N) is 2. The molecule has 0 saturated carbocycles. The van der Waals surface area contributed by atoms with Crippen molar-refractivity contribution in [3.63, 3.8) is 0 Å². The van der Waals surface area contributed by atoms with E-state index in [9.17, 15) is 9.59 Å². The number of ether oxygens (including phenoxy) is 1. The standard InChI is InChI=1S/C17H29N5O3S.HI/c1-7-18-17(19-10-9-13(23)22(5)6)21-12(4)15-20-11(3)14(26-15)16(24)25-8-2;/h12H,7-10H2,1-6H3,(H2,18,19,21);1H. The molecule has 0 radical (unpaired) electrons. The SMILES string of the molecule is CCNC(=NCCC(=O)N(C)C)NC(C)c1nc(C)c(C(=O)OCC)s1.I. The van der Waals surface area contributed by atoms with Gasteiger partial charge < -0.3 is 20.3 Å². The number of carbonyl (C=O) groups is 2. The van der Waals surface area contributed by atoms with Crippen molar-refractivity contribution in [1.82, 2.24) is 20.5 Å². The lowest BCUT2D eigenvalue weighted by atomic mass is 10.3. The fourth-order valence-electron chi connectivity index (χ4n) is 2.06. The van der Waals surface area contributed by atoms with Crippen LogP contribution in [-0.2, 0) is 9.53 Å². The van der Waals surface area contributed by atoms with Crippen LogP contribution in [0.25, 0.3) is 0 Å². The second-order valence-electron chi connectivity index (χ2n) is 5.85. The summed E-state index contributed by atoms with van der Waals surface area (Å²) in [4.78, 5) is 34.6. The summed E-state index contributed by atoms with van der Waals surface area (Å²) in [5.41, 5.74) is 0.663. The van der Waals surface area contributed by atoms with Crippen LogP contribution in [0.2, 0.25) is 0 Å². The third-order valence-corrected chi connectivity index (χ3v) is 4.76. The van der Waals surface area contributed by atoms with E-state index < -0.39 is 0 Å². The maximum atomic E-state index is 11.9. The molecule has 1 aromatic heterocycles. The van der Waals surface area contributed by atoms with E-state index in [0.29, 0.717) is 42.6 Å². The molecule has 0 bridgehead atoms. The number of esters is 1. The molecule has 1 aromatic rings. The van der Waals surface area contributed by atoms with Gasteiger partial charge in [0.15, 0.2) is 5.96 Å². The topological polar surface area (TPSA) is 95.9 Å². The van der Waals surface area contributed by atoms with E-state index >= 15 is 0 Å². The van der Waals surface area contributed by atoms with Crippen molar-refractivity contribution in [3.05, 3.63) is 15.6 Å². The highest BCUT2D eigenvalue weighted by molar-refractivity contribution is 14.0. The Bertz CT molecular complexity index is 649. The van der Waals surface area contributed by atoms with E-state index in [1.54, 1.807) is 32.8 Å². The number of nitrogens with zero attached hydrogens (tertiary/aromatic N) is 3. The fraction of sp³-hybridized carbons (Fsp3) is 0.647. The molecule has 0 saturated heterocycles. The van der Waals surface area contributed by atoms with Gasteiger partial charge in [-0.1, -0.05) is 0 Å². The lowest BCUT2D eigenvalue weighted by molar-refractivity contribution is -0.128. The Morgan fingerprint density at radius 3 is 2.56 bits per heavy atom. The van der Waals surface area contributed by atoms with Crippen molar-refractivity contribution in [2.75, 3.05) is 33.8 Å². The van der Waals surface area contributed by atoms with Crippen molar-refractivity contribution in [2.24, 2.45) is 4.99 Å². The van der Waals surface area contributed by atoms with Gasteiger partial charge in [0.1, 0.15) is 9.88 Å². The maximum Gasteiger partial charge on any atom is 0.350 e. The molecule has 27 heavy (non-hydrogen) atoms. The van der Waals surface area contributed by atoms with Gasteiger partial charge in [0.05, 0.1) is 24.9 Å². The molecule has 1 amide bonds. The zero-order valence-electron chi connectivity index (χ0n) is 16.8. The lowest BCUT2D eigenvalue weighted by Crippen LogP contribution is -2.39. The monoisotopic (exact) mass is 511 g/mol. The summed E-state index contributed by atoms with van der Waals surface area (Å²) in [6.07, 6.45) is 0.349. The molecule has 0 aliphatic carbocycles. The molecule has 154 valence electrons. The molecule has 8 nitrogen and oxygen atoms in total. The zero-order chi connectivity index (χ0) is 19.7. The minimum Gasteiger partial charge on any atom is -0.462 e. The fourth-order valence-corrected chi connectivity index (χ4v) is 3.03. The minimum atomic E-state index is -0.344. The smallest absolute Gasteiger partial charge is 0.350 e. The van der Waals surface area contributed by atoms with Crippen LogP contribution in [0.4, 0.5) is 0 Å². The van der Waals surface area contributed by atoms with Crippen LogP contribution in [0.3, 0.4) is 0 Å². The van der Waals surface area contributed by atoms with Gasteiger partial charge in [-0.2, -0.15) is 0 Å². The average molecular weight is 511 g/mol. The Balaban J connectivity index is 0.00000676. The number of rotatable bonds is 8. The molecule has 1 rings (SSSR count). The average Bonchev–Trinajstić information content (AvgIpc) is 2.97. The summed E-state index contributed by atoms with van der Waals surface area (Å²) in [6.45, 7) is 8.92. The molecular formula is C17H30IN5O3S. The largest absolute Gasteiger partial charge is 0.462 e. The number of guanidine groups is 1. The second kappa shape index (κ2) is 12.9. The van der Waals surface area contributed by atoms with Gasteiger partial charge in [-0.05, 0) is 27.7 Å². The molecule has 0 spiro atoms. The number of hydrogen-bond acceptors (Lipinski definition) is 6. The number of halogens is 1. The summed E-state index contributed by atoms with van der Waals surface area (Å²) in [5, 5.41) is 7.19. The first-order chi connectivity index (χ1) is 12.3. The Morgan fingerprint density at radius 2 is 2.00 bits per heavy atom. The zero-order valence-corrected chi connectivity index (χ0v) is 19.9. The lowest BCUT2D eigenvalue weighted by Gasteiger charge is -2.16. The van der Waals surface area contributed by atoms with E-state index in [0.717, 1.165) is 5.01 Å². The molecule has 0 aliphatic rings. The third kappa shape index (κ3) is 8.41. The number of hydrogen-bond donors (Lipinski definition) is 2. The van der Waals surface area contributed by atoms with E-state index in [1.807, 2.05) is 13.8 Å². The van der Waals surface area contributed by atoms with Crippen molar-refractivity contribution in [3.8, 4) is 0 Å². The number of thiazole rings is 1. The highest BCUT2D eigenvalue weighted by atomic mass is 127. The minimum absolute atomic E-state index is 0. The van der Waals surface area contributed by atoms with Gasteiger partial charge in [0.25, 0.3) is 0 Å². The Kier molecular flexibility index (Phi) is 12.2. The molecule has 1 heterocycles. The second-order valence-corrected chi connectivity index (χ2v) is 6.88. The summed E-state index contributed by atoms with van der Waals surface area (Å²) < 4.78 is 5.06. The summed E-state index contributed by atoms with van der Waals surface area (Å²) in [7, 11) is 3.45. The first-order valence-corrected chi connectivity index (χ1v) is 9.51. The number of aliphatic imine (C=N–C) groups is 1. The number of aryl methyl sites for hydroxylation is 1. The van der Waals surface area contributed by atoms with Crippen molar-refractivity contribution >= 4 is 53.1 Å². The number of aromatic nitrogens is 1. The van der Waals surface area contributed by atoms with Gasteiger partial charge in [0, 0.05) is 27.1 Å². The third-order valence-electron chi connectivity index (χ3n) is 3.44. The van der Waals surface area contributed by atoms with Crippen LogP contribution >= 0.6 is 35.3 Å². The summed E-state index contributed by atoms with van der Waals surface area (Å²) in [6, 6.07) is -0.135. The van der Waals surface area contributed by atoms with Crippen LogP contribution in [0, 0.1) is 6.92 Å². The summed E-state index contributed by atoms with van der Waals surface area (Å²) in [5.74, 6) is 0.299. The Labute approximate surface area is 182 Å². The first kappa shape index (κ1) is 25.6. The summed E-state index contributed by atoms with van der Waals surface area (Å²) >= 11 is 1.32. The molecule has 10 heteroatoms. The number of carbonyl (C=O) groups excluding carboxylic acids is 2. The maximum absolute atomic E-state index is 11.9. The van der Waals surface area contributed by atoms with Crippen molar-refractivity contribution in [1.29, 1.82) is 0 Å². The van der Waals surface area contributed by atoms with Crippen molar-refractivity contribution in [2.45, 2.75) is 40.2 Å². The molecule has 0 fully saturated rings. The van der Waals surface area contributed by atoms with E-state index in [2.05, 4.69) is 20.6 Å². The Morgan fingerprint density at radius 1 is 1.33 bits per heavy atom. The molecule has 1 unspecified atom stereocenters. The molecular weight excluding hydrogens is 481 g/mol. The molecule has 2 N–H and O–H groups in total. The highest BCUT2D eigenvalue weighted by Crippen LogP contribution is 2.24. The van der Waals surface area contributed by atoms with E-state index in [-0.39, 0.29) is 41.9 Å². The van der Waals surface area contributed by atoms with Gasteiger partial charge >= 0.3 is 5.97 Å². The van der Waals surface area contributed by atoms with Crippen LogP contribution in [0.1, 0.15) is 53.6 Å². The van der Waals surface area contributed by atoms with Gasteiger partial charge in [-0.25, -0.2) is 9.78 Å². The van der Waals surface area contributed by atoms with Gasteiger partial charge in [-0.3, -0.25) is 9.79 Å². The first-order valence-electron chi connectivity index (χ1n) is 8.69. The normalized spacial score (nSPS) is 12.0. The van der Waals surface area contributed by atoms with Crippen molar-refractivity contribution < 1.29 is 14.3 Å². The molecule has 0 aromatic carbocycles. The van der Waals surface area contributed by atoms with E-state index in [4.69, 9.17) is 4.74 Å². The predicted octanol–water partition coefficient (Wildman–Crippen LogP) is 2.34. The van der Waals surface area contributed by atoms with Gasteiger partial charge in [0.2, 0.25) is 5.91 Å². The Hall–Kier alpha value is -1.43.